The Morgan fingerprint density at radius 3 is 2.66 bits per heavy atom. The standard InChI is InChI=1S/C24H15BrN4O5S/c25-15-11-19-17(5-2-9-26-19)20(12-15)29(35(32)33)21-13-16(8-10-27-21)28-24(31)18-4-1-3-14-6-7-22(30)34-23(14)18/h1-13,35H,(H,27,28,31). The van der Waals surface area contributed by atoms with Gasteiger partial charge in [-0.25, -0.2) is 22.5 Å². The maximum Gasteiger partial charge on any atom is 0.336 e. The Morgan fingerprint density at radius 2 is 1.83 bits per heavy atom. The van der Waals surface area contributed by atoms with Gasteiger partial charge in [0.15, 0.2) is 5.58 Å². The lowest BCUT2D eigenvalue weighted by molar-refractivity contribution is 0.102. The van der Waals surface area contributed by atoms with Crippen molar-refractivity contribution in [3.63, 3.8) is 0 Å². The minimum Gasteiger partial charge on any atom is -0.422 e. The fraction of sp³-hybridized carbons (Fsp3) is 0. The summed E-state index contributed by atoms with van der Waals surface area (Å²) in [5.74, 6) is -0.455. The molecule has 174 valence electrons. The van der Waals surface area contributed by atoms with Crippen LogP contribution < -0.4 is 15.2 Å². The zero-order valence-corrected chi connectivity index (χ0v) is 20.2. The third-order valence-electron chi connectivity index (χ3n) is 5.17. The van der Waals surface area contributed by atoms with Crippen LogP contribution in [-0.4, -0.2) is 24.3 Å². The smallest absolute Gasteiger partial charge is 0.336 e. The molecule has 0 saturated heterocycles. The molecule has 0 aliphatic heterocycles. The van der Waals surface area contributed by atoms with Crippen LogP contribution in [0.1, 0.15) is 10.4 Å². The van der Waals surface area contributed by atoms with E-state index in [1.54, 1.807) is 48.7 Å². The molecule has 0 bridgehead atoms. The van der Waals surface area contributed by atoms with Crippen LogP contribution in [0.2, 0.25) is 0 Å². The summed E-state index contributed by atoms with van der Waals surface area (Å²) < 4.78 is 31.6. The Bertz CT molecular complexity index is 1740. The van der Waals surface area contributed by atoms with Crippen LogP contribution in [0, 0.1) is 0 Å². The van der Waals surface area contributed by atoms with Crippen molar-refractivity contribution in [2.24, 2.45) is 0 Å². The zero-order valence-electron chi connectivity index (χ0n) is 17.7. The van der Waals surface area contributed by atoms with Gasteiger partial charge in [0.25, 0.3) is 5.91 Å². The van der Waals surface area contributed by atoms with Crippen molar-refractivity contribution in [1.82, 2.24) is 9.97 Å². The number of thiol groups is 1. The largest absolute Gasteiger partial charge is 0.422 e. The fourth-order valence-electron chi connectivity index (χ4n) is 3.68. The van der Waals surface area contributed by atoms with Crippen LogP contribution >= 0.6 is 15.9 Å². The van der Waals surface area contributed by atoms with Crippen molar-refractivity contribution in [1.29, 1.82) is 0 Å². The molecule has 5 aromatic rings. The first-order chi connectivity index (χ1) is 16.9. The minimum atomic E-state index is -3.15. The first kappa shape index (κ1) is 22.7. The van der Waals surface area contributed by atoms with E-state index in [0.29, 0.717) is 32.1 Å². The molecule has 3 heterocycles. The molecule has 11 heteroatoms. The number of aromatic nitrogens is 2. The van der Waals surface area contributed by atoms with Crippen LogP contribution in [-0.2, 0) is 10.9 Å². The molecule has 0 aliphatic rings. The molecule has 0 saturated carbocycles. The Kier molecular flexibility index (Phi) is 6.01. The van der Waals surface area contributed by atoms with Crippen molar-refractivity contribution in [3.05, 3.63) is 99.6 Å². The third-order valence-corrected chi connectivity index (χ3v) is 6.37. The molecule has 0 unspecified atom stereocenters. The second-order valence-corrected chi connectivity index (χ2v) is 9.17. The second-order valence-electron chi connectivity index (χ2n) is 7.38. The van der Waals surface area contributed by atoms with Gasteiger partial charge in [-0.3, -0.25) is 9.78 Å². The van der Waals surface area contributed by atoms with E-state index in [9.17, 15) is 18.0 Å². The van der Waals surface area contributed by atoms with Crippen molar-refractivity contribution < 1.29 is 17.6 Å². The first-order valence-electron chi connectivity index (χ1n) is 10.2. The van der Waals surface area contributed by atoms with Gasteiger partial charge in [-0.1, -0.05) is 28.1 Å². The van der Waals surface area contributed by atoms with E-state index in [1.807, 2.05) is 0 Å². The van der Waals surface area contributed by atoms with E-state index < -0.39 is 22.4 Å². The predicted molar refractivity (Wildman–Crippen MR) is 137 cm³/mol. The summed E-state index contributed by atoms with van der Waals surface area (Å²) in [4.78, 5) is 33.2. The molecule has 0 aliphatic carbocycles. The maximum absolute atomic E-state index is 13.0. The van der Waals surface area contributed by atoms with Crippen LogP contribution in [0.15, 0.2) is 92.8 Å². The van der Waals surface area contributed by atoms with Crippen LogP contribution in [0.5, 0.6) is 0 Å². The summed E-state index contributed by atoms with van der Waals surface area (Å²) in [6.45, 7) is 0. The molecule has 2 aromatic carbocycles. The number of nitrogens with one attached hydrogen (secondary N) is 1. The van der Waals surface area contributed by atoms with Crippen molar-refractivity contribution in [2.75, 3.05) is 9.62 Å². The number of amides is 1. The van der Waals surface area contributed by atoms with Gasteiger partial charge in [-0.2, -0.15) is 0 Å². The van der Waals surface area contributed by atoms with Gasteiger partial charge in [-0.15, -0.1) is 0 Å². The monoisotopic (exact) mass is 550 g/mol. The van der Waals surface area contributed by atoms with Crippen LogP contribution in [0.25, 0.3) is 21.9 Å². The number of anilines is 3. The summed E-state index contributed by atoms with van der Waals surface area (Å²) in [6.07, 6.45) is 3.00. The zero-order chi connectivity index (χ0) is 24.5. The van der Waals surface area contributed by atoms with E-state index in [1.165, 1.54) is 30.5 Å². The summed E-state index contributed by atoms with van der Waals surface area (Å²) in [6, 6.07) is 17.6. The number of fused-ring (bicyclic) bond motifs is 2. The SMILES string of the molecule is O=C(Nc1ccnc(N(c2cc(Br)cc3ncccc23)[SH](=O)=O)c1)c1cccc2ccc(=O)oc12. The van der Waals surface area contributed by atoms with E-state index >= 15 is 0 Å². The minimum absolute atomic E-state index is 0.0756. The molecular weight excluding hydrogens is 536 g/mol. The summed E-state index contributed by atoms with van der Waals surface area (Å²) >= 11 is 3.40. The Balaban J connectivity index is 1.54. The van der Waals surface area contributed by atoms with Gasteiger partial charge >= 0.3 is 5.63 Å². The van der Waals surface area contributed by atoms with Gasteiger partial charge < -0.3 is 9.73 Å². The van der Waals surface area contributed by atoms with Gasteiger partial charge in [0.2, 0.25) is 10.9 Å². The van der Waals surface area contributed by atoms with E-state index in [4.69, 9.17) is 4.42 Å². The normalized spacial score (nSPS) is 11.1. The average Bonchev–Trinajstić information content (AvgIpc) is 2.83. The highest BCUT2D eigenvalue weighted by Gasteiger charge is 2.19. The Hall–Kier alpha value is -4.09. The topological polar surface area (TPSA) is 122 Å². The number of benzene rings is 2. The highest BCUT2D eigenvalue weighted by molar-refractivity contribution is 9.10. The number of halogens is 1. The predicted octanol–water partition coefficient (Wildman–Crippen LogP) is 4.42. The molecule has 3 aromatic heterocycles. The molecular formula is C24H15BrN4O5S. The fourth-order valence-corrected chi connectivity index (χ4v) is 4.73. The third kappa shape index (κ3) is 4.51. The maximum atomic E-state index is 13.0. The van der Waals surface area contributed by atoms with Crippen molar-refractivity contribution in [2.45, 2.75) is 0 Å². The second kappa shape index (κ2) is 9.28. The molecule has 0 radical (unpaired) electrons. The molecule has 35 heavy (non-hydrogen) atoms. The quantitative estimate of drug-likeness (QED) is 0.245. The highest BCUT2D eigenvalue weighted by Crippen LogP contribution is 2.34. The summed E-state index contributed by atoms with van der Waals surface area (Å²) in [5.41, 5.74) is 0.994. The lowest BCUT2D eigenvalue weighted by Crippen LogP contribution is -2.18. The van der Waals surface area contributed by atoms with Crippen LogP contribution in [0.3, 0.4) is 0 Å². The van der Waals surface area contributed by atoms with Gasteiger partial charge in [0, 0.05) is 45.5 Å². The van der Waals surface area contributed by atoms with Crippen molar-refractivity contribution >= 4 is 71.8 Å². The molecule has 0 spiro atoms. The van der Waals surface area contributed by atoms with Gasteiger partial charge in [-0.05, 0) is 42.5 Å². The summed E-state index contributed by atoms with van der Waals surface area (Å²) in [7, 11) is -3.15. The number of nitrogens with zero attached hydrogens (tertiary/aromatic N) is 3. The van der Waals surface area contributed by atoms with Gasteiger partial charge in [0.1, 0.15) is 5.82 Å². The van der Waals surface area contributed by atoms with Crippen LogP contribution in [0.4, 0.5) is 17.2 Å². The molecule has 0 fully saturated rings. The van der Waals surface area contributed by atoms with E-state index in [-0.39, 0.29) is 17.0 Å². The number of rotatable bonds is 5. The number of para-hydroxylation sites is 1. The number of pyridine rings is 2. The lowest BCUT2D eigenvalue weighted by atomic mass is 10.1. The van der Waals surface area contributed by atoms with E-state index in [0.717, 1.165) is 4.31 Å². The number of hydrogen-bond donors (Lipinski definition) is 2. The molecule has 9 nitrogen and oxygen atoms in total. The summed E-state index contributed by atoms with van der Waals surface area (Å²) in [5, 5.41) is 3.92. The van der Waals surface area contributed by atoms with Crippen molar-refractivity contribution in [3.8, 4) is 0 Å². The molecule has 5 rings (SSSR count). The Labute approximate surface area is 208 Å². The lowest BCUT2D eigenvalue weighted by Gasteiger charge is -2.19. The number of carbonyl (C=O) groups excluding carboxylic acids is 1. The number of hydrogen-bond acceptors (Lipinski definition) is 7. The first-order valence-corrected chi connectivity index (χ1v) is 12.1. The number of carbonyl (C=O) groups is 1. The highest BCUT2D eigenvalue weighted by atomic mass is 79.9. The molecule has 0 atom stereocenters. The average molecular weight is 551 g/mol. The van der Waals surface area contributed by atoms with E-state index in [2.05, 4.69) is 31.2 Å². The molecule has 1 N–H and O–H groups in total. The Morgan fingerprint density at radius 1 is 0.971 bits per heavy atom. The van der Waals surface area contributed by atoms with Gasteiger partial charge in [0.05, 0.1) is 16.8 Å². The molecule has 1 amide bonds.